The summed E-state index contributed by atoms with van der Waals surface area (Å²) in [5, 5.41) is 6.56. The number of benzene rings is 1. The van der Waals surface area contributed by atoms with Crippen LogP contribution < -0.4 is 10.6 Å². The minimum absolute atomic E-state index is 0.804. The topological polar surface area (TPSA) is 49.8 Å². The van der Waals surface area contributed by atoms with Crippen LogP contribution in [0.3, 0.4) is 0 Å². The molecular weight excluding hydrogens is 236 g/mol. The van der Waals surface area contributed by atoms with Crippen LogP contribution in [-0.4, -0.2) is 16.5 Å². The van der Waals surface area contributed by atoms with Crippen molar-refractivity contribution in [2.45, 2.75) is 27.2 Å². The number of aromatic nitrogens is 2. The van der Waals surface area contributed by atoms with Gasteiger partial charge in [-0.1, -0.05) is 13.0 Å². The van der Waals surface area contributed by atoms with Gasteiger partial charge in [0.1, 0.15) is 18.0 Å². The standard InChI is InChI=1S/C15H20N4/c1-4-5-16-14-9-15(18-10-17-14)19-13-7-11(2)6-12(3)8-13/h6-10H,4-5H2,1-3H3,(H2,16,17,18,19). The monoisotopic (exact) mass is 256 g/mol. The summed E-state index contributed by atoms with van der Waals surface area (Å²) >= 11 is 0. The van der Waals surface area contributed by atoms with Gasteiger partial charge in [-0.3, -0.25) is 0 Å². The molecule has 2 N–H and O–H groups in total. The molecule has 2 aromatic rings. The van der Waals surface area contributed by atoms with Crippen molar-refractivity contribution in [2.24, 2.45) is 0 Å². The van der Waals surface area contributed by atoms with Crippen LogP contribution in [0.5, 0.6) is 0 Å². The van der Waals surface area contributed by atoms with Gasteiger partial charge in [0.2, 0.25) is 0 Å². The molecule has 0 bridgehead atoms. The van der Waals surface area contributed by atoms with E-state index in [2.05, 4.69) is 59.6 Å². The third-order valence-corrected chi connectivity index (χ3v) is 2.72. The van der Waals surface area contributed by atoms with Gasteiger partial charge in [-0.15, -0.1) is 0 Å². The van der Waals surface area contributed by atoms with Gasteiger partial charge in [0.25, 0.3) is 0 Å². The van der Waals surface area contributed by atoms with E-state index in [1.807, 2.05) is 6.07 Å². The summed E-state index contributed by atoms with van der Waals surface area (Å²) in [5.74, 6) is 1.65. The van der Waals surface area contributed by atoms with E-state index in [-0.39, 0.29) is 0 Å². The van der Waals surface area contributed by atoms with Gasteiger partial charge in [0.05, 0.1) is 0 Å². The van der Waals surface area contributed by atoms with Gasteiger partial charge in [-0.2, -0.15) is 0 Å². The highest BCUT2D eigenvalue weighted by Gasteiger charge is 2.00. The van der Waals surface area contributed by atoms with Crippen molar-refractivity contribution in [1.82, 2.24) is 9.97 Å². The second-order valence-electron chi connectivity index (χ2n) is 4.72. The minimum atomic E-state index is 0.804. The average Bonchev–Trinajstić information content (AvgIpc) is 2.35. The first kappa shape index (κ1) is 13.3. The molecule has 1 aromatic heterocycles. The van der Waals surface area contributed by atoms with Crippen molar-refractivity contribution in [3.8, 4) is 0 Å². The lowest BCUT2D eigenvalue weighted by Gasteiger charge is -2.09. The van der Waals surface area contributed by atoms with E-state index < -0.39 is 0 Å². The van der Waals surface area contributed by atoms with Crippen LogP contribution in [0.4, 0.5) is 17.3 Å². The van der Waals surface area contributed by atoms with Gasteiger partial charge in [0.15, 0.2) is 0 Å². The number of anilines is 3. The lowest BCUT2D eigenvalue weighted by atomic mass is 10.1. The van der Waals surface area contributed by atoms with E-state index in [4.69, 9.17) is 0 Å². The molecule has 2 rings (SSSR count). The SMILES string of the molecule is CCCNc1cc(Nc2cc(C)cc(C)c2)ncn1. The zero-order chi connectivity index (χ0) is 13.7. The molecule has 100 valence electrons. The van der Waals surface area contributed by atoms with E-state index in [0.29, 0.717) is 0 Å². The predicted octanol–water partition coefficient (Wildman–Crippen LogP) is 3.66. The van der Waals surface area contributed by atoms with E-state index >= 15 is 0 Å². The molecule has 0 saturated heterocycles. The van der Waals surface area contributed by atoms with Crippen LogP contribution in [0.25, 0.3) is 0 Å². The van der Waals surface area contributed by atoms with Crippen molar-refractivity contribution < 1.29 is 0 Å². The number of rotatable bonds is 5. The molecule has 1 heterocycles. The quantitative estimate of drug-likeness (QED) is 0.857. The van der Waals surface area contributed by atoms with Crippen LogP contribution in [-0.2, 0) is 0 Å². The van der Waals surface area contributed by atoms with Gasteiger partial charge < -0.3 is 10.6 Å². The molecule has 19 heavy (non-hydrogen) atoms. The van der Waals surface area contributed by atoms with E-state index in [1.54, 1.807) is 6.33 Å². The highest BCUT2D eigenvalue weighted by Crippen LogP contribution is 2.19. The van der Waals surface area contributed by atoms with Crippen LogP contribution in [0.15, 0.2) is 30.6 Å². The number of nitrogens with one attached hydrogen (secondary N) is 2. The molecule has 4 nitrogen and oxygen atoms in total. The molecule has 1 aromatic carbocycles. The summed E-state index contributed by atoms with van der Waals surface area (Å²) < 4.78 is 0. The van der Waals surface area contributed by atoms with Crippen molar-refractivity contribution >= 4 is 17.3 Å². The molecule has 0 aliphatic rings. The van der Waals surface area contributed by atoms with Crippen molar-refractivity contribution in [3.63, 3.8) is 0 Å². The van der Waals surface area contributed by atoms with Crippen molar-refractivity contribution in [1.29, 1.82) is 0 Å². The first-order valence-electron chi connectivity index (χ1n) is 6.58. The highest BCUT2D eigenvalue weighted by molar-refractivity contribution is 5.60. The van der Waals surface area contributed by atoms with E-state index in [0.717, 1.165) is 30.3 Å². The fraction of sp³-hybridized carbons (Fsp3) is 0.333. The normalized spacial score (nSPS) is 10.3. The molecule has 0 unspecified atom stereocenters. The number of aryl methyl sites for hydroxylation is 2. The molecule has 0 fully saturated rings. The van der Waals surface area contributed by atoms with Crippen molar-refractivity contribution in [2.75, 3.05) is 17.2 Å². The fourth-order valence-corrected chi connectivity index (χ4v) is 1.97. The average molecular weight is 256 g/mol. The van der Waals surface area contributed by atoms with Gasteiger partial charge >= 0.3 is 0 Å². The summed E-state index contributed by atoms with van der Waals surface area (Å²) in [5.41, 5.74) is 3.53. The first-order chi connectivity index (χ1) is 9.17. The van der Waals surface area contributed by atoms with Gasteiger partial charge in [-0.25, -0.2) is 9.97 Å². The summed E-state index contributed by atoms with van der Waals surface area (Å²) in [6.45, 7) is 7.22. The minimum Gasteiger partial charge on any atom is -0.370 e. The third-order valence-electron chi connectivity index (χ3n) is 2.72. The van der Waals surface area contributed by atoms with Crippen LogP contribution in [0, 0.1) is 13.8 Å². The lowest BCUT2D eigenvalue weighted by Crippen LogP contribution is -2.03. The first-order valence-corrected chi connectivity index (χ1v) is 6.58. The Labute approximate surface area is 114 Å². The van der Waals surface area contributed by atoms with Crippen LogP contribution in [0.1, 0.15) is 24.5 Å². The third kappa shape index (κ3) is 3.95. The maximum atomic E-state index is 4.24. The molecule has 0 atom stereocenters. The van der Waals surface area contributed by atoms with E-state index in [1.165, 1.54) is 11.1 Å². The number of nitrogens with zero attached hydrogens (tertiary/aromatic N) is 2. The van der Waals surface area contributed by atoms with Gasteiger partial charge in [0, 0.05) is 18.3 Å². The molecule has 0 amide bonds. The maximum Gasteiger partial charge on any atom is 0.135 e. The second kappa shape index (κ2) is 6.18. The predicted molar refractivity (Wildman–Crippen MR) is 80.0 cm³/mol. The summed E-state index contributed by atoms with van der Waals surface area (Å²) in [4.78, 5) is 8.43. The summed E-state index contributed by atoms with van der Waals surface area (Å²) in [7, 11) is 0. The number of hydrogen-bond donors (Lipinski definition) is 2. The molecule has 0 saturated carbocycles. The Bertz CT molecular complexity index is 531. The summed E-state index contributed by atoms with van der Waals surface area (Å²) in [6.07, 6.45) is 2.65. The molecule has 0 aliphatic carbocycles. The smallest absolute Gasteiger partial charge is 0.135 e. The zero-order valence-corrected chi connectivity index (χ0v) is 11.7. The van der Waals surface area contributed by atoms with Gasteiger partial charge in [-0.05, 0) is 43.5 Å². The molecule has 0 aliphatic heterocycles. The highest BCUT2D eigenvalue weighted by atomic mass is 15.1. The summed E-state index contributed by atoms with van der Waals surface area (Å²) in [6, 6.07) is 8.29. The Morgan fingerprint density at radius 1 is 0.947 bits per heavy atom. The van der Waals surface area contributed by atoms with Crippen LogP contribution >= 0.6 is 0 Å². The Hall–Kier alpha value is -2.10. The molecule has 0 spiro atoms. The molecule has 4 heteroatoms. The lowest BCUT2D eigenvalue weighted by molar-refractivity contribution is 0.965. The van der Waals surface area contributed by atoms with Crippen LogP contribution in [0.2, 0.25) is 0 Å². The zero-order valence-electron chi connectivity index (χ0n) is 11.7. The Morgan fingerprint density at radius 3 is 2.32 bits per heavy atom. The fourth-order valence-electron chi connectivity index (χ4n) is 1.97. The Balaban J connectivity index is 2.13. The number of hydrogen-bond acceptors (Lipinski definition) is 4. The molecular formula is C15H20N4. The second-order valence-corrected chi connectivity index (χ2v) is 4.72. The van der Waals surface area contributed by atoms with Crippen molar-refractivity contribution in [3.05, 3.63) is 41.7 Å². The largest absolute Gasteiger partial charge is 0.370 e. The maximum absolute atomic E-state index is 4.24. The molecule has 0 radical (unpaired) electrons. The van der Waals surface area contributed by atoms with E-state index in [9.17, 15) is 0 Å². The Kier molecular flexibility index (Phi) is 4.34. The Morgan fingerprint density at radius 2 is 1.63 bits per heavy atom.